The van der Waals surface area contributed by atoms with Crippen LogP contribution in [0.1, 0.15) is 70.6 Å². The molecule has 0 saturated heterocycles. The van der Waals surface area contributed by atoms with E-state index in [1.807, 2.05) is 0 Å². The van der Waals surface area contributed by atoms with Crippen molar-refractivity contribution >= 4 is 5.82 Å². The maximum absolute atomic E-state index is 11.2. The zero-order chi connectivity index (χ0) is 14.0. The first-order valence-electron chi connectivity index (χ1n) is 8.03. The first kappa shape index (κ1) is 15.0. The van der Waals surface area contributed by atoms with E-state index in [9.17, 15) is 4.79 Å². The first-order chi connectivity index (χ1) is 9.84. The van der Waals surface area contributed by atoms with Crippen molar-refractivity contribution < 1.29 is 0 Å². The molecule has 0 radical (unpaired) electrons. The van der Waals surface area contributed by atoms with Gasteiger partial charge in [0.25, 0.3) is 0 Å². The summed E-state index contributed by atoms with van der Waals surface area (Å²) >= 11 is 0. The highest BCUT2D eigenvalue weighted by atomic mass is 16.1. The Morgan fingerprint density at radius 2 is 1.50 bits per heavy atom. The fourth-order valence-corrected chi connectivity index (χ4v) is 2.90. The lowest BCUT2D eigenvalue weighted by Crippen LogP contribution is -2.23. The Kier molecular flexibility index (Phi) is 6.54. The summed E-state index contributed by atoms with van der Waals surface area (Å²) in [5.74, 6) is 0.603. The van der Waals surface area contributed by atoms with E-state index in [1.54, 1.807) is 6.20 Å². The van der Waals surface area contributed by atoms with Gasteiger partial charge in [0.2, 0.25) is 0 Å². The van der Waals surface area contributed by atoms with Gasteiger partial charge in [-0.2, -0.15) is 10.1 Å². The highest BCUT2D eigenvalue weighted by Gasteiger charge is 2.10. The number of anilines is 1. The van der Waals surface area contributed by atoms with Gasteiger partial charge in [-0.05, 0) is 12.8 Å². The van der Waals surface area contributed by atoms with Crippen LogP contribution in [0.3, 0.4) is 0 Å². The molecule has 0 amide bonds. The third kappa shape index (κ3) is 5.72. The molecule has 1 fully saturated rings. The average molecular weight is 278 g/mol. The van der Waals surface area contributed by atoms with Crippen molar-refractivity contribution in [3.8, 4) is 0 Å². The van der Waals surface area contributed by atoms with Gasteiger partial charge in [0.05, 0.1) is 6.20 Å². The van der Waals surface area contributed by atoms with Crippen molar-refractivity contribution in [3.63, 3.8) is 0 Å². The lowest BCUT2D eigenvalue weighted by Gasteiger charge is -2.19. The molecule has 2 N–H and O–H groups in total. The quantitative estimate of drug-likeness (QED) is 0.871. The van der Waals surface area contributed by atoms with Crippen LogP contribution in [0, 0.1) is 0 Å². The van der Waals surface area contributed by atoms with E-state index in [4.69, 9.17) is 0 Å². The molecule has 0 aromatic carbocycles. The van der Waals surface area contributed by atoms with Gasteiger partial charge in [0.1, 0.15) is 0 Å². The molecule has 0 spiro atoms. The Hall–Kier alpha value is -1.39. The summed E-state index contributed by atoms with van der Waals surface area (Å²) in [7, 11) is 0. The average Bonchev–Trinajstić information content (AvgIpc) is 2.42. The molecule has 2 rings (SSSR count). The minimum Gasteiger partial charge on any atom is -0.366 e. The second kappa shape index (κ2) is 8.72. The van der Waals surface area contributed by atoms with E-state index in [0.717, 1.165) is 12.8 Å². The zero-order valence-electron chi connectivity index (χ0n) is 12.2. The van der Waals surface area contributed by atoms with Crippen LogP contribution in [-0.4, -0.2) is 21.2 Å². The maximum atomic E-state index is 11.2. The van der Waals surface area contributed by atoms with Crippen molar-refractivity contribution in [1.82, 2.24) is 15.2 Å². The highest BCUT2D eigenvalue weighted by molar-refractivity contribution is 5.30. The number of H-pyrrole nitrogens is 1. The van der Waals surface area contributed by atoms with Gasteiger partial charge in [-0.25, -0.2) is 9.89 Å². The lowest BCUT2D eigenvalue weighted by atomic mass is 9.98. The Morgan fingerprint density at radius 1 is 0.950 bits per heavy atom. The van der Waals surface area contributed by atoms with Gasteiger partial charge in [-0.15, -0.1) is 0 Å². The standard InChI is InChI=1S/C15H26N4O/c20-15-18-14(12-16-19-15)17-13-10-8-6-4-2-1-3-5-7-9-11-13/h12-13H,1-11H2,(H2,17,18,19,20). The molecule has 112 valence electrons. The summed E-state index contributed by atoms with van der Waals surface area (Å²) in [6.07, 6.45) is 16.0. The number of hydrogen-bond donors (Lipinski definition) is 2. The van der Waals surface area contributed by atoms with Crippen LogP contribution in [0.2, 0.25) is 0 Å². The second-order valence-corrected chi connectivity index (χ2v) is 5.77. The number of aromatic nitrogens is 3. The van der Waals surface area contributed by atoms with Crippen molar-refractivity contribution in [1.29, 1.82) is 0 Å². The van der Waals surface area contributed by atoms with E-state index in [0.29, 0.717) is 11.9 Å². The van der Waals surface area contributed by atoms with Gasteiger partial charge in [-0.1, -0.05) is 57.8 Å². The summed E-state index contributed by atoms with van der Waals surface area (Å²) in [5, 5.41) is 9.48. The van der Waals surface area contributed by atoms with Gasteiger partial charge < -0.3 is 5.32 Å². The molecule has 1 aliphatic rings. The molecule has 0 aliphatic heterocycles. The molecular formula is C15H26N4O. The topological polar surface area (TPSA) is 70.7 Å². The van der Waals surface area contributed by atoms with Crippen LogP contribution in [-0.2, 0) is 0 Å². The second-order valence-electron chi connectivity index (χ2n) is 5.77. The van der Waals surface area contributed by atoms with Crippen molar-refractivity contribution in [2.45, 2.75) is 76.7 Å². The molecule has 0 atom stereocenters. The third-order valence-electron chi connectivity index (χ3n) is 4.03. The summed E-state index contributed by atoms with van der Waals surface area (Å²) in [5.41, 5.74) is -0.386. The molecule has 1 saturated carbocycles. The predicted molar refractivity (Wildman–Crippen MR) is 80.9 cm³/mol. The predicted octanol–water partition coefficient (Wildman–Crippen LogP) is 3.25. The van der Waals surface area contributed by atoms with E-state index in [2.05, 4.69) is 20.5 Å². The third-order valence-corrected chi connectivity index (χ3v) is 4.03. The number of nitrogens with zero attached hydrogens (tertiary/aromatic N) is 2. The molecule has 1 aromatic heterocycles. The molecule has 5 nitrogen and oxygen atoms in total. The minimum absolute atomic E-state index is 0.386. The summed E-state index contributed by atoms with van der Waals surface area (Å²) < 4.78 is 0. The molecule has 0 bridgehead atoms. The Labute approximate surface area is 120 Å². The van der Waals surface area contributed by atoms with Crippen LogP contribution < -0.4 is 11.0 Å². The van der Waals surface area contributed by atoms with Crippen LogP contribution in [0.15, 0.2) is 11.0 Å². The van der Waals surface area contributed by atoms with Crippen LogP contribution in [0.5, 0.6) is 0 Å². The highest BCUT2D eigenvalue weighted by Crippen LogP contribution is 2.18. The summed E-state index contributed by atoms with van der Waals surface area (Å²) in [6.45, 7) is 0. The molecule has 1 heterocycles. The minimum atomic E-state index is -0.386. The summed E-state index contributed by atoms with van der Waals surface area (Å²) in [4.78, 5) is 15.1. The molecule has 5 heteroatoms. The number of hydrogen-bond acceptors (Lipinski definition) is 4. The number of rotatable bonds is 2. The van der Waals surface area contributed by atoms with Crippen molar-refractivity contribution in [2.24, 2.45) is 0 Å². The lowest BCUT2D eigenvalue weighted by molar-refractivity contribution is 0.479. The maximum Gasteiger partial charge on any atom is 0.363 e. The van der Waals surface area contributed by atoms with E-state index >= 15 is 0 Å². The van der Waals surface area contributed by atoms with Crippen LogP contribution in [0.25, 0.3) is 0 Å². The fraction of sp³-hybridized carbons (Fsp3) is 0.800. The Morgan fingerprint density at radius 3 is 2.05 bits per heavy atom. The largest absolute Gasteiger partial charge is 0.366 e. The number of nitrogens with one attached hydrogen (secondary N) is 2. The van der Waals surface area contributed by atoms with Crippen LogP contribution in [0.4, 0.5) is 5.82 Å². The monoisotopic (exact) mass is 278 g/mol. The first-order valence-corrected chi connectivity index (χ1v) is 8.03. The van der Waals surface area contributed by atoms with E-state index < -0.39 is 0 Å². The Bertz CT molecular complexity index is 420. The zero-order valence-corrected chi connectivity index (χ0v) is 12.2. The molecule has 1 aromatic rings. The normalized spacial score (nSPS) is 19.8. The number of aromatic amines is 1. The molecular weight excluding hydrogens is 252 g/mol. The summed E-state index contributed by atoms with van der Waals surface area (Å²) in [6, 6.07) is 0.422. The van der Waals surface area contributed by atoms with Crippen molar-refractivity contribution in [3.05, 3.63) is 16.7 Å². The molecule has 20 heavy (non-hydrogen) atoms. The fourth-order valence-electron chi connectivity index (χ4n) is 2.90. The van der Waals surface area contributed by atoms with Crippen LogP contribution >= 0.6 is 0 Å². The van der Waals surface area contributed by atoms with Gasteiger partial charge in [0, 0.05) is 6.04 Å². The van der Waals surface area contributed by atoms with Gasteiger partial charge in [0.15, 0.2) is 5.82 Å². The van der Waals surface area contributed by atoms with E-state index in [1.165, 1.54) is 57.8 Å². The molecule has 0 unspecified atom stereocenters. The van der Waals surface area contributed by atoms with Crippen molar-refractivity contribution in [2.75, 3.05) is 5.32 Å². The van der Waals surface area contributed by atoms with E-state index in [-0.39, 0.29) is 5.69 Å². The SMILES string of the molecule is O=c1nc(NC2CCCCCCCCCCC2)cn[nH]1. The smallest absolute Gasteiger partial charge is 0.363 e. The van der Waals surface area contributed by atoms with Gasteiger partial charge >= 0.3 is 5.69 Å². The Balaban J connectivity index is 1.86. The molecule has 1 aliphatic carbocycles. The van der Waals surface area contributed by atoms with Gasteiger partial charge in [-0.3, -0.25) is 0 Å².